The highest BCUT2D eigenvalue weighted by molar-refractivity contribution is 5.94. The Morgan fingerprint density at radius 3 is 2.62 bits per heavy atom. The van der Waals surface area contributed by atoms with Crippen molar-refractivity contribution in [2.45, 2.75) is 44.6 Å². The molecule has 1 aliphatic carbocycles. The fourth-order valence-electron chi connectivity index (χ4n) is 4.28. The molecule has 7 heteroatoms. The smallest absolute Gasteiger partial charge is 0.251 e. The number of halogens is 1. The maximum absolute atomic E-state index is 13.6. The first-order chi connectivity index (χ1) is 15.4. The summed E-state index contributed by atoms with van der Waals surface area (Å²) < 4.78 is 18.7. The van der Waals surface area contributed by atoms with Crippen molar-refractivity contribution in [1.29, 1.82) is 0 Å². The average Bonchev–Trinajstić information content (AvgIpc) is 3.26. The van der Waals surface area contributed by atoms with Crippen LogP contribution in [-0.4, -0.2) is 32.0 Å². The number of primary amides is 1. The van der Waals surface area contributed by atoms with E-state index in [0.29, 0.717) is 17.4 Å². The summed E-state index contributed by atoms with van der Waals surface area (Å²) in [5, 5.41) is 6.27. The van der Waals surface area contributed by atoms with E-state index in [2.05, 4.69) is 17.6 Å². The Morgan fingerprint density at radius 2 is 1.94 bits per heavy atom. The van der Waals surface area contributed by atoms with Crippen molar-refractivity contribution >= 4 is 11.8 Å². The highest BCUT2D eigenvalue weighted by Crippen LogP contribution is 2.38. The van der Waals surface area contributed by atoms with Crippen molar-refractivity contribution in [3.8, 4) is 5.75 Å². The van der Waals surface area contributed by atoms with Gasteiger partial charge >= 0.3 is 0 Å². The molecule has 0 saturated heterocycles. The van der Waals surface area contributed by atoms with Gasteiger partial charge in [0.25, 0.3) is 5.91 Å². The van der Waals surface area contributed by atoms with Crippen molar-refractivity contribution in [3.05, 3.63) is 65.0 Å². The van der Waals surface area contributed by atoms with Gasteiger partial charge < -0.3 is 21.1 Å². The first kappa shape index (κ1) is 23.7. The van der Waals surface area contributed by atoms with Crippen LogP contribution < -0.4 is 21.1 Å². The largest absolute Gasteiger partial charge is 0.494 e. The van der Waals surface area contributed by atoms with Crippen LogP contribution in [-0.2, 0) is 4.79 Å². The predicted octanol–water partition coefficient (Wildman–Crippen LogP) is 3.67. The molecule has 2 aromatic carbocycles. The molecule has 0 aliphatic heterocycles. The summed E-state index contributed by atoms with van der Waals surface area (Å²) in [6.07, 6.45) is 3.49. The second kappa shape index (κ2) is 11.1. The van der Waals surface area contributed by atoms with Gasteiger partial charge in [-0.25, -0.2) is 4.39 Å². The summed E-state index contributed by atoms with van der Waals surface area (Å²) in [6.45, 7) is 3.22. The molecule has 4 N–H and O–H groups in total. The highest BCUT2D eigenvalue weighted by atomic mass is 19.1. The summed E-state index contributed by atoms with van der Waals surface area (Å²) in [5.74, 6) is 0.338. The van der Waals surface area contributed by atoms with E-state index in [1.807, 2.05) is 24.3 Å². The predicted molar refractivity (Wildman–Crippen MR) is 122 cm³/mol. The van der Waals surface area contributed by atoms with E-state index in [-0.39, 0.29) is 36.5 Å². The molecule has 172 valence electrons. The molecule has 1 saturated carbocycles. The molecule has 1 unspecified atom stereocenters. The van der Waals surface area contributed by atoms with Gasteiger partial charge in [-0.2, -0.15) is 0 Å². The van der Waals surface area contributed by atoms with E-state index in [1.165, 1.54) is 18.7 Å². The van der Waals surface area contributed by atoms with Crippen LogP contribution in [0.3, 0.4) is 0 Å². The van der Waals surface area contributed by atoms with Gasteiger partial charge in [-0.1, -0.05) is 18.2 Å². The Kier molecular flexibility index (Phi) is 8.22. The minimum Gasteiger partial charge on any atom is -0.494 e. The number of amides is 2. The normalized spacial score (nSPS) is 18.8. The Hall–Kier alpha value is -2.93. The molecule has 1 aliphatic rings. The van der Waals surface area contributed by atoms with Gasteiger partial charge in [0.15, 0.2) is 11.6 Å². The van der Waals surface area contributed by atoms with E-state index in [0.717, 1.165) is 31.4 Å². The number of carbonyl (C=O) groups excluding carboxylic acids is 2. The molecule has 0 spiro atoms. The molecule has 2 aromatic rings. The zero-order chi connectivity index (χ0) is 23.1. The highest BCUT2D eigenvalue weighted by Gasteiger charge is 2.26. The van der Waals surface area contributed by atoms with Crippen LogP contribution in [0, 0.1) is 11.7 Å². The lowest BCUT2D eigenvalue weighted by Crippen LogP contribution is -2.27. The quantitative estimate of drug-likeness (QED) is 0.524. The van der Waals surface area contributed by atoms with Crippen LogP contribution in [0.2, 0.25) is 0 Å². The van der Waals surface area contributed by atoms with Gasteiger partial charge in [-0.05, 0) is 80.0 Å². The molecular formula is C25H32FN3O3. The zero-order valence-electron chi connectivity index (χ0n) is 18.7. The van der Waals surface area contributed by atoms with Crippen molar-refractivity contribution in [3.63, 3.8) is 0 Å². The van der Waals surface area contributed by atoms with Gasteiger partial charge in [0.05, 0.1) is 7.11 Å². The lowest BCUT2D eigenvalue weighted by molar-refractivity contribution is -0.117. The number of rotatable bonds is 10. The van der Waals surface area contributed by atoms with E-state index in [4.69, 9.17) is 10.5 Å². The molecule has 3 atom stereocenters. The Bertz CT molecular complexity index is 933. The van der Waals surface area contributed by atoms with Crippen molar-refractivity contribution in [1.82, 2.24) is 10.6 Å². The molecule has 2 amide bonds. The minimum absolute atomic E-state index is 0.107. The van der Waals surface area contributed by atoms with Gasteiger partial charge in [0.2, 0.25) is 5.91 Å². The second-order valence-corrected chi connectivity index (χ2v) is 8.49. The van der Waals surface area contributed by atoms with Crippen LogP contribution in [0.4, 0.5) is 4.39 Å². The minimum atomic E-state index is -0.433. The van der Waals surface area contributed by atoms with Crippen LogP contribution in [0.15, 0.2) is 42.5 Å². The van der Waals surface area contributed by atoms with Crippen molar-refractivity contribution in [2.24, 2.45) is 11.7 Å². The lowest BCUT2D eigenvalue weighted by Gasteiger charge is -2.19. The van der Waals surface area contributed by atoms with Crippen LogP contribution in [0.5, 0.6) is 5.75 Å². The maximum Gasteiger partial charge on any atom is 0.251 e. The summed E-state index contributed by atoms with van der Waals surface area (Å²) in [5.41, 5.74) is 7.92. The maximum atomic E-state index is 13.6. The van der Waals surface area contributed by atoms with E-state index >= 15 is 0 Å². The molecular weight excluding hydrogens is 409 g/mol. The summed E-state index contributed by atoms with van der Waals surface area (Å²) in [4.78, 5) is 22.9. The molecule has 0 bridgehead atoms. The monoisotopic (exact) mass is 441 g/mol. The fourth-order valence-corrected chi connectivity index (χ4v) is 4.28. The second-order valence-electron chi connectivity index (χ2n) is 8.49. The zero-order valence-corrected chi connectivity index (χ0v) is 18.7. The summed E-state index contributed by atoms with van der Waals surface area (Å²) >= 11 is 0. The summed E-state index contributed by atoms with van der Waals surface area (Å²) in [6, 6.07) is 12.8. The number of nitrogens with two attached hydrogens (primary N) is 1. The third kappa shape index (κ3) is 6.29. The molecule has 0 radical (unpaired) electrons. The Morgan fingerprint density at radius 1 is 1.19 bits per heavy atom. The molecule has 6 nitrogen and oxygen atoms in total. The number of carbonyl (C=O) groups is 2. The molecule has 1 fully saturated rings. The summed E-state index contributed by atoms with van der Waals surface area (Å²) in [7, 11) is 1.47. The standard InChI is InChI=1S/C25H32FN3O3/c1-16(20-9-10-22(26)23(14-20)32-2)29-15-17-3-4-21(13-17)18-5-7-19(8-6-18)25(31)28-12-11-24(27)30/h5-10,14,16-17,21,29H,3-4,11-13,15H2,1-2H3,(H2,27,30)(H,28,31)/t16-,17?,21+/m1/s1. The molecule has 0 aromatic heterocycles. The van der Waals surface area contributed by atoms with Crippen molar-refractivity contribution < 1.29 is 18.7 Å². The van der Waals surface area contributed by atoms with E-state index < -0.39 is 5.91 Å². The number of methoxy groups -OCH3 is 1. The number of benzene rings is 2. The third-order valence-electron chi connectivity index (χ3n) is 6.23. The fraction of sp³-hybridized carbons (Fsp3) is 0.440. The lowest BCUT2D eigenvalue weighted by atomic mass is 9.95. The average molecular weight is 442 g/mol. The Balaban J connectivity index is 1.48. The number of ether oxygens (including phenoxy) is 1. The van der Waals surface area contributed by atoms with Crippen LogP contribution >= 0.6 is 0 Å². The van der Waals surface area contributed by atoms with Crippen molar-refractivity contribution in [2.75, 3.05) is 20.2 Å². The first-order valence-electron chi connectivity index (χ1n) is 11.1. The molecule has 0 heterocycles. The third-order valence-corrected chi connectivity index (χ3v) is 6.23. The van der Waals surface area contributed by atoms with Crippen LogP contribution in [0.25, 0.3) is 0 Å². The molecule has 32 heavy (non-hydrogen) atoms. The van der Waals surface area contributed by atoms with Gasteiger partial charge in [-0.3, -0.25) is 9.59 Å². The first-order valence-corrected chi connectivity index (χ1v) is 11.1. The van der Waals surface area contributed by atoms with E-state index in [9.17, 15) is 14.0 Å². The van der Waals surface area contributed by atoms with E-state index in [1.54, 1.807) is 12.1 Å². The number of nitrogens with one attached hydrogen (secondary N) is 2. The number of hydrogen-bond donors (Lipinski definition) is 3. The Labute approximate surface area is 188 Å². The van der Waals surface area contributed by atoms with Crippen LogP contribution in [0.1, 0.15) is 66.1 Å². The number of hydrogen-bond acceptors (Lipinski definition) is 4. The molecule has 3 rings (SSSR count). The van der Waals surface area contributed by atoms with Gasteiger partial charge in [0, 0.05) is 24.6 Å². The van der Waals surface area contributed by atoms with Gasteiger partial charge in [-0.15, -0.1) is 0 Å². The van der Waals surface area contributed by atoms with Gasteiger partial charge in [0.1, 0.15) is 0 Å². The SMILES string of the molecule is COc1cc([C@@H](C)NCC2CC[C@H](c3ccc(C(=O)NCCC(N)=O)cc3)C2)ccc1F. The topological polar surface area (TPSA) is 93.4 Å².